The maximum absolute atomic E-state index is 6.31. The average Bonchev–Trinajstić information content (AvgIpc) is 0.875. The van der Waals surface area contributed by atoms with E-state index < -0.39 is 72.3 Å². The topological polar surface area (TPSA) is 73.8 Å². The van der Waals surface area contributed by atoms with Crippen LogP contribution in [0.1, 0.15) is 273 Å². The first-order valence-corrected chi connectivity index (χ1v) is 60.7. The molecular weight excluding hydrogens is 1340 g/mol. The van der Waals surface area contributed by atoms with Gasteiger partial charge in [-0.25, -0.2) is 0 Å². The monoisotopic (exact) mass is 1520 g/mol. The van der Waals surface area contributed by atoms with Gasteiger partial charge in [-0.15, -0.1) is 0 Å². The van der Waals surface area contributed by atoms with Gasteiger partial charge < -0.3 is 35.4 Å². The van der Waals surface area contributed by atoms with E-state index >= 15 is 0 Å². The Morgan fingerprint density at radius 3 is 0.480 bits per heavy atom. The van der Waals surface area contributed by atoms with E-state index in [2.05, 4.69) is 184 Å². The molecule has 0 saturated heterocycles. The normalized spacial score (nSPS) is 22.7. The van der Waals surface area contributed by atoms with Crippen molar-refractivity contribution in [2.45, 2.75) is 370 Å². The van der Waals surface area contributed by atoms with Crippen LogP contribution in [0.15, 0.2) is 0 Å². The molecule has 8 nitrogen and oxygen atoms in total. The van der Waals surface area contributed by atoms with Crippen molar-refractivity contribution in [2.75, 3.05) is 56.9 Å². The molecule has 0 N–H and O–H groups in total. The highest BCUT2D eigenvalue weighted by Crippen LogP contribution is 2.46. The fourth-order valence-corrected chi connectivity index (χ4v) is 34.0. The molecule has 590 valence electrons. The van der Waals surface area contributed by atoms with Gasteiger partial charge in [0.25, 0.3) is 0 Å². The summed E-state index contributed by atoms with van der Waals surface area (Å²) in [7, 11) is 5.71. The summed E-state index contributed by atoms with van der Waals surface area (Å²) in [5.74, 6) is 12.3. The van der Waals surface area contributed by atoms with Gasteiger partial charge in [0, 0.05) is 56.9 Å². The van der Waals surface area contributed by atoms with Crippen LogP contribution < -0.4 is 0 Å². The van der Waals surface area contributed by atoms with Crippen molar-refractivity contribution >= 4 is 72.3 Å². The zero-order chi connectivity index (χ0) is 75.3. The Kier molecular flexibility index (Phi) is 55.7. The van der Waals surface area contributed by atoms with E-state index in [1.807, 2.05) is 56.9 Å². The van der Waals surface area contributed by atoms with Crippen LogP contribution in [-0.4, -0.2) is 129 Å². The first kappa shape index (κ1) is 99.4. The lowest BCUT2D eigenvalue weighted by Crippen LogP contribution is -2.32. The lowest BCUT2D eigenvalue weighted by Gasteiger charge is -2.37. The quantitative estimate of drug-likeness (QED) is 0.0558. The van der Waals surface area contributed by atoms with Gasteiger partial charge >= 0.3 is 0 Å². The fraction of sp³-hybridized carbons (Fsp3) is 1.00. The Morgan fingerprint density at radius 1 is 0.194 bits per heavy atom. The highest BCUT2D eigenvalue weighted by Gasteiger charge is 2.38. The van der Waals surface area contributed by atoms with Crippen molar-refractivity contribution in [3.8, 4) is 0 Å². The van der Waals surface area contributed by atoms with Gasteiger partial charge in [-0.05, 0) is 197 Å². The summed E-state index contributed by atoms with van der Waals surface area (Å²) >= 11 is 0. The molecule has 0 aliphatic carbocycles. The highest BCUT2D eigenvalue weighted by atomic mass is 28.3. The van der Waals surface area contributed by atoms with Gasteiger partial charge in [0.05, 0.1) is 0 Å². The van der Waals surface area contributed by atoms with Crippen LogP contribution in [0.3, 0.4) is 0 Å². The number of hydrogen-bond acceptors (Lipinski definition) is 8. The third-order valence-corrected chi connectivity index (χ3v) is 51.5. The molecular formula is C82H182O8Si8. The number of rotatable bonds is 62. The molecule has 0 aromatic rings. The first-order valence-electron chi connectivity index (χ1n) is 42.3. The SMILES string of the molecule is CCC(C)C(CCCC(C)C(CCCC(C)C(CCCC(C)C(CCCC(C)C(CCCC(C)C(CCCC(C)C(CCCC(C)C(C(C)C)C(C)[SiH](C)OC)C(C)[SiH](C)OC)C(C)[SiH](C)OC)C(C)[SiH](C)OC)C(C)[SiH](C)OC)C(C)[SiH](C)OC)C(C)[SiH](C)OC)C(C)[SiH](C)OC. The maximum atomic E-state index is 6.31. The standard InChI is InChI=1S/C82H182O8Si8/c1-36-59(4)75(67(12)91(28)83-20)51-37-44-60(5)76(68(13)92(29)84-21)52-38-45-61(6)77(69(14)93(30)85-22)53-39-46-62(7)78(70(15)94(31)86-23)54-40-47-63(8)79(71(16)95(32)87-24)55-41-48-64(9)80(72(17)96(33)88-25)56-42-49-65(10)81(73(18)97(34)89-26)57-43-50-66(11)82(58(2)3)74(19)98(35)90-27/h58-82,91-98H,36-57H2,1-35H3. The molecule has 0 aromatic heterocycles. The van der Waals surface area contributed by atoms with Crippen molar-refractivity contribution in [1.82, 2.24) is 0 Å². The zero-order valence-corrected chi connectivity index (χ0v) is 82.1. The van der Waals surface area contributed by atoms with Crippen LogP contribution >= 0.6 is 0 Å². The van der Waals surface area contributed by atoms with Crippen molar-refractivity contribution in [1.29, 1.82) is 0 Å². The average molecular weight is 1520 g/mol. The second-order valence-corrected chi connectivity index (χ2v) is 59.1. The molecule has 0 bridgehead atoms. The molecule has 16 heteroatoms. The molecule has 32 atom stereocenters. The predicted molar refractivity (Wildman–Crippen MR) is 459 cm³/mol. The van der Waals surface area contributed by atoms with Gasteiger partial charge in [0.15, 0.2) is 72.3 Å². The molecule has 0 fully saturated rings. The first-order chi connectivity index (χ1) is 46.1. The molecule has 0 aromatic carbocycles. The molecule has 0 radical (unpaired) electrons. The van der Waals surface area contributed by atoms with Crippen LogP contribution in [0.25, 0.3) is 0 Å². The van der Waals surface area contributed by atoms with E-state index in [0.717, 1.165) is 64.7 Å². The van der Waals surface area contributed by atoms with Crippen molar-refractivity contribution < 1.29 is 35.4 Å². The Hall–Kier alpha value is 1.42. The van der Waals surface area contributed by atoms with E-state index in [0.29, 0.717) is 80.2 Å². The maximum Gasteiger partial charge on any atom is 0.176 e. The fourth-order valence-electron chi connectivity index (χ4n) is 20.2. The Balaban J connectivity index is 6.35. The summed E-state index contributed by atoms with van der Waals surface area (Å²) in [6.45, 7) is 68.1. The zero-order valence-electron chi connectivity index (χ0n) is 72.9. The molecule has 0 rings (SSSR count). The molecule has 0 heterocycles. The van der Waals surface area contributed by atoms with Gasteiger partial charge in [-0.3, -0.25) is 0 Å². The van der Waals surface area contributed by atoms with E-state index in [-0.39, 0.29) is 0 Å². The molecule has 98 heavy (non-hydrogen) atoms. The minimum absolute atomic E-state index is 0.667. The van der Waals surface area contributed by atoms with Crippen LogP contribution in [0, 0.1) is 101 Å². The largest absolute Gasteiger partial charge is 0.423 e. The van der Waals surface area contributed by atoms with Gasteiger partial charge in [-0.1, -0.05) is 273 Å². The molecule has 0 saturated carbocycles. The second kappa shape index (κ2) is 54.9. The minimum atomic E-state index is -1.33. The van der Waals surface area contributed by atoms with E-state index in [9.17, 15) is 0 Å². The number of hydrogen-bond donors (Lipinski definition) is 0. The van der Waals surface area contributed by atoms with Crippen LogP contribution in [0.4, 0.5) is 0 Å². The smallest absolute Gasteiger partial charge is 0.176 e. The lowest BCUT2D eigenvalue weighted by molar-refractivity contribution is 0.212. The van der Waals surface area contributed by atoms with Crippen molar-refractivity contribution in [2.24, 2.45) is 101 Å². The summed E-state index contributed by atoms with van der Waals surface area (Å²) in [4.78, 5) is 0. The third kappa shape index (κ3) is 34.8. The van der Waals surface area contributed by atoms with Gasteiger partial charge in [0.1, 0.15) is 0 Å². The Labute approximate surface area is 630 Å². The van der Waals surface area contributed by atoms with Crippen molar-refractivity contribution in [3.63, 3.8) is 0 Å². The molecule has 32 unspecified atom stereocenters. The highest BCUT2D eigenvalue weighted by molar-refractivity contribution is 6.54. The Morgan fingerprint density at radius 2 is 0.337 bits per heavy atom. The predicted octanol–water partition coefficient (Wildman–Crippen LogP) is 23.4. The van der Waals surface area contributed by atoms with Gasteiger partial charge in [-0.2, -0.15) is 0 Å². The van der Waals surface area contributed by atoms with E-state index in [1.165, 1.54) is 141 Å². The lowest BCUT2D eigenvalue weighted by atomic mass is 9.77. The van der Waals surface area contributed by atoms with E-state index in [1.54, 1.807) is 0 Å². The Bertz CT molecular complexity index is 1890. The second-order valence-electron chi connectivity index (χ2n) is 35.6. The van der Waals surface area contributed by atoms with Gasteiger partial charge in [0.2, 0.25) is 0 Å². The van der Waals surface area contributed by atoms with Crippen LogP contribution in [0.5, 0.6) is 0 Å². The van der Waals surface area contributed by atoms with E-state index in [4.69, 9.17) is 35.4 Å². The molecule has 0 aliphatic heterocycles. The summed E-state index contributed by atoms with van der Waals surface area (Å²) in [5.41, 5.74) is 5.48. The van der Waals surface area contributed by atoms with Crippen LogP contribution in [-0.2, 0) is 35.4 Å². The minimum Gasteiger partial charge on any atom is -0.423 e. The summed E-state index contributed by atoms with van der Waals surface area (Å²) < 4.78 is 49.6. The summed E-state index contributed by atoms with van der Waals surface area (Å²) in [5, 5.41) is 0. The third-order valence-electron chi connectivity index (χ3n) is 29.8. The summed E-state index contributed by atoms with van der Waals surface area (Å²) in [6.07, 6.45) is 29.3. The summed E-state index contributed by atoms with van der Waals surface area (Å²) in [6, 6.07) is 0. The molecule has 0 aliphatic rings. The van der Waals surface area contributed by atoms with Crippen LogP contribution in [0.2, 0.25) is 96.7 Å². The van der Waals surface area contributed by atoms with Crippen molar-refractivity contribution in [3.05, 3.63) is 0 Å². The molecule has 0 spiro atoms. The molecule has 0 amide bonds.